The van der Waals surface area contributed by atoms with Crippen LogP contribution in [0.3, 0.4) is 0 Å². The molecule has 0 saturated carbocycles. The van der Waals surface area contributed by atoms with Crippen molar-refractivity contribution < 1.29 is 28.6 Å². The molecule has 30 heavy (non-hydrogen) atoms. The average Bonchev–Trinajstić information content (AvgIpc) is 2.72. The fourth-order valence-electron chi connectivity index (χ4n) is 3.02. The van der Waals surface area contributed by atoms with Crippen LogP contribution in [0.1, 0.15) is 31.7 Å². The first-order valence-electron chi connectivity index (χ1n) is 9.03. The predicted molar refractivity (Wildman–Crippen MR) is 111 cm³/mol. The van der Waals surface area contributed by atoms with Crippen molar-refractivity contribution in [1.29, 1.82) is 0 Å². The minimum atomic E-state index is -1.01. The van der Waals surface area contributed by atoms with Crippen LogP contribution in [0.15, 0.2) is 41.2 Å². The van der Waals surface area contributed by atoms with Crippen molar-refractivity contribution in [3.05, 3.63) is 56.9 Å². The van der Waals surface area contributed by atoms with Gasteiger partial charge in [-0.05, 0) is 25.0 Å². The van der Waals surface area contributed by atoms with Gasteiger partial charge >= 0.3 is 18.0 Å². The van der Waals surface area contributed by atoms with Crippen LogP contribution in [-0.2, 0) is 23.8 Å². The molecule has 0 fully saturated rings. The molecule has 0 spiro atoms. The smallest absolute Gasteiger partial charge is 0.406 e. The molecule has 10 heteroatoms. The number of methoxy groups -OCH3 is 1. The summed E-state index contributed by atoms with van der Waals surface area (Å²) >= 11 is 12.6. The molecule has 8 nitrogen and oxygen atoms in total. The van der Waals surface area contributed by atoms with E-state index in [0.717, 1.165) is 0 Å². The second-order valence-corrected chi connectivity index (χ2v) is 7.13. The first-order valence-corrected chi connectivity index (χ1v) is 9.79. The van der Waals surface area contributed by atoms with Gasteiger partial charge in [0, 0.05) is 11.9 Å². The Morgan fingerprint density at radius 2 is 1.87 bits per heavy atom. The molecule has 0 saturated heterocycles. The van der Waals surface area contributed by atoms with Crippen LogP contribution >= 0.6 is 23.2 Å². The van der Waals surface area contributed by atoms with Crippen molar-refractivity contribution in [3.8, 4) is 0 Å². The van der Waals surface area contributed by atoms with Gasteiger partial charge in [0.25, 0.3) is 0 Å². The van der Waals surface area contributed by atoms with Crippen molar-refractivity contribution in [2.75, 3.05) is 20.4 Å². The Bertz CT molecular complexity index is 913. The molecular formula is C20H22Cl2N2O6. The summed E-state index contributed by atoms with van der Waals surface area (Å²) in [5, 5.41) is 0.450. The van der Waals surface area contributed by atoms with Crippen molar-refractivity contribution in [1.82, 2.24) is 4.90 Å². The van der Waals surface area contributed by atoms with E-state index >= 15 is 0 Å². The van der Waals surface area contributed by atoms with Crippen LogP contribution in [0, 0.1) is 0 Å². The summed E-state index contributed by atoms with van der Waals surface area (Å²) in [6, 6.07) is 4.91. The molecule has 1 aliphatic rings. The van der Waals surface area contributed by atoms with Crippen molar-refractivity contribution >= 4 is 41.2 Å². The van der Waals surface area contributed by atoms with Crippen LogP contribution in [-0.4, -0.2) is 43.4 Å². The van der Waals surface area contributed by atoms with E-state index in [1.807, 2.05) is 6.92 Å². The fourth-order valence-corrected chi connectivity index (χ4v) is 3.43. The first-order chi connectivity index (χ1) is 14.2. The highest BCUT2D eigenvalue weighted by Gasteiger charge is 2.39. The quantitative estimate of drug-likeness (QED) is 0.491. The zero-order valence-electron chi connectivity index (χ0n) is 16.7. The monoisotopic (exact) mass is 456 g/mol. The van der Waals surface area contributed by atoms with Crippen molar-refractivity contribution in [2.45, 2.75) is 26.2 Å². The van der Waals surface area contributed by atoms with Gasteiger partial charge in [0.05, 0.1) is 40.8 Å². The maximum Gasteiger partial charge on any atom is 0.406 e. The van der Waals surface area contributed by atoms with E-state index in [1.54, 1.807) is 25.1 Å². The number of nitrogens with two attached hydrogens (primary N) is 1. The second kappa shape index (κ2) is 10.4. The molecule has 1 atom stereocenters. The third-order valence-electron chi connectivity index (χ3n) is 4.43. The number of hydrogen-bond donors (Lipinski definition) is 1. The van der Waals surface area contributed by atoms with Gasteiger partial charge in [0.15, 0.2) is 6.73 Å². The Kier molecular flexibility index (Phi) is 8.14. The molecular weight excluding hydrogens is 435 g/mol. The van der Waals surface area contributed by atoms with E-state index in [4.69, 9.17) is 43.1 Å². The lowest BCUT2D eigenvalue weighted by Gasteiger charge is -2.33. The van der Waals surface area contributed by atoms with Crippen LogP contribution < -0.4 is 5.73 Å². The van der Waals surface area contributed by atoms with Gasteiger partial charge in [0.1, 0.15) is 0 Å². The molecule has 0 radical (unpaired) electrons. The first kappa shape index (κ1) is 23.6. The summed E-state index contributed by atoms with van der Waals surface area (Å²) in [6.45, 7) is 3.33. The summed E-state index contributed by atoms with van der Waals surface area (Å²) in [7, 11) is 1.22. The van der Waals surface area contributed by atoms with Gasteiger partial charge in [-0.15, -0.1) is 0 Å². The topological polar surface area (TPSA) is 108 Å². The number of carbonyl (C=O) groups excluding carboxylic acids is 3. The van der Waals surface area contributed by atoms with Crippen molar-refractivity contribution in [2.24, 2.45) is 5.73 Å². The molecule has 0 aliphatic carbocycles. The minimum absolute atomic E-state index is 0.103. The van der Waals surface area contributed by atoms with E-state index in [9.17, 15) is 14.4 Å². The number of carbonyl (C=O) groups is 3. The summed E-state index contributed by atoms with van der Waals surface area (Å²) in [6.07, 6.45) is 1.03. The Hall–Kier alpha value is -2.71. The van der Waals surface area contributed by atoms with Gasteiger partial charge in [-0.1, -0.05) is 42.3 Å². The SMILES string of the molecule is CCCOC(=O)C1=CN(COC(N)=O)C(C)=C(C(=O)OC)C1c1cccc(Cl)c1Cl. The number of esters is 2. The normalized spacial score (nSPS) is 16.1. The largest absolute Gasteiger partial charge is 0.466 e. The molecule has 1 heterocycles. The Morgan fingerprint density at radius 1 is 1.17 bits per heavy atom. The molecule has 162 valence electrons. The third kappa shape index (κ3) is 5.06. The van der Waals surface area contributed by atoms with Crippen LogP contribution in [0.25, 0.3) is 0 Å². The van der Waals surface area contributed by atoms with E-state index in [-0.39, 0.29) is 34.5 Å². The molecule has 2 N–H and O–H groups in total. The summed E-state index contributed by atoms with van der Waals surface area (Å²) in [5.41, 5.74) is 6.09. The highest BCUT2D eigenvalue weighted by atomic mass is 35.5. The zero-order chi connectivity index (χ0) is 22.4. The van der Waals surface area contributed by atoms with Gasteiger partial charge in [-0.3, -0.25) is 0 Å². The Balaban J connectivity index is 2.69. The Morgan fingerprint density at radius 3 is 2.47 bits per heavy atom. The number of nitrogens with zero attached hydrogens (tertiary/aromatic N) is 1. The number of amides is 1. The molecule has 0 bridgehead atoms. The molecule has 1 amide bonds. The maximum atomic E-state index is 12.9. The highest BCUT2D eigenvalue weighted by Crippen LogP contribution is 2.43. The van der Waals surface area contributed by atoms with E-state index in [2.05, 4.69) is 0 Å². The fraction of sp³-hybridized carbons (Fsp3) is 0.350. The van der Waals surface area contributed by atoms with E-state index < -0.39 is 23.9 Å². The minimum Gasteiger partial charge on any atom is -0.466 e. The molecule has 1 aliphatic heterocycles. The predicted octanol–water partition coefficient (Wildman–Crippen LogP) is 3.73. The number of benzene rings is 1. The summed E-state index contributed by atoms with van der Waals surface area (Å²) in [5.74, 6) is -2.25. The number of allylic oxidation sites excluding steroid dienone is 1. The molecule has 1 aromatic rings. The van der Waals surface area contributed by atoms with Crippen molar-refractivity contribution in [3.63, 3.8) is 0 Å². The third-order valence-corrected chi connectivity index (χ3v) is 5.27. The molecule has 1 unspecified atom stereocenters. The van der Waals surface area contributed by atoms with Crippen LogP contribution in [0.4, 0.5) is 4.79 Å². The average molecular weight is 457 g/mol. The van der Waals surface area contributed by atoms with Gasteiger partial charge in [-0.25, -0.2) is 14.4 Å². The number of halogens is 2. The number of primary amides is 1. The second-order valence-electron chi connectivity index (χ2n) is 6.35. The van der Waals surface area contributed by atoms with Gasteiger partial charge in [0.2, 0.25) is 0 Å². The maximum absolute atomic E-state index is 12.9. The number of hydrogen-bond acceptors (Lipinski definition) is 7. The van der Waals surface area contributed by atoms with E-state index in [1.165, 1.54) is 18.2 Å². The van der Waals surface area contributed by atoms with Crippen LogP contribution in [0.5, 0.6) is 0 Å². The zero-order valence-corrected chi connectivity index (χ0v) is 18.2. The van der Waals surface area contributed by atoms with Crippen LogP contribution in [0.2, 0.25) is 10.0 Å². The lowest BCUT2D eigenvalue weighted by atomic mass is 9.81. The molecule has 0 aromatic heterocycles. The number of rotatable bonds is 7. The van der Waals surface area contributed by atoms with Gasteiger partial charge in [-0.2, -0.15) is 0 Å². The standard InChI is InChI=1S/C20H22Cl2N2O6/c1-4-8-29-18(25)13-9-24(10-30-20(23)27)11(2)15(19(26)28-3)16(13)12-6-5-7-14(21)17(12)22/h5-7,9,16H,4,8,10H2,1-3H3,(H2,23,27). The van der Waals surface area contributed by atoms with E-state index in [0.29, 0.717) is 17.7 Å². The molecule has 2 rings (SSSR count). The van der Waals surface area contributed by atoms with Gasteiger partial charge < -0.3 is 24.8 Å². The lowest BCUT2D eigenvalue weighted by molar-refractivity contribution is -0.139. The summed E-state index contributed by atoms with van der Waals surface area (Å²) < 4.78 is 15.1. The number of ether oxygens (including phenoxy) is 3. The summed E-state index contributed by atoms with van der Waals surface area (Å²) in [4.78, 5) is 38.1. The highest BCUT2D eigenvalue weighted by molar-refractivity contribution is 6.42. The lowest BCUT2D eigenvalue weighted by Crippen LogP contribution is -2.34. The molecule has 1 aromatic carbocycles. The Labute approximate surface area is 184 Å².